The Morgan fingerprint density at radius 1 is 1.50 bits per heavy atom. The Morgan fingerprint density at radius 3 is 2.75 bits per heavy atom. The summed E-state index contributed by atoms with van der Waals surface area (Å²) in [6.07, 6.45) is 0.818. The molecule has 0 bridgehead atoms. The lowest BCUT2D eigenvalue weighted by Gasteiger charge is -2.04. The van der Waals surface area contributed by atoms with E-state index in [1.807, 2.05) is 0 Å². The van der Waals surface area contributed by atoms with Gasteiger partial charge >= 0.3 is 11.9 Å². The van der Waals surface area contributed by atoms with Gasteiger partial charge in [-0.3, -0.25) is 4.79 Å². The molecule has 0 aromatic carbocycles. The zero-order valence-electron chi connectivity index (χ0n) is 8.69. The number of hydrogen-bond acceptors (Lipinski definition) is 6. The van der Waals surface area contributed by atoms with Gasteiger partial charge in [-0.1, -0.05) is 0 Å². The SMILES string of the molecule is COC(=O)c1ncc(F)c(COC(C)=O)n1. The lowest BCUT2D eigenvalue weighted by Crippen LogP contribution is -2.12. The second kappa shape index (κ2) is 5.15. The molecule has 1 aromatic rings. The quantitative estimate of drug-likeness (QED) is 0.699. The molecule has 0 saturated carbocycles. The minimum absolute atomic E-state index is 0.175. The maximum absolute atomic E-state index is 13.1. The van der Waals surface area contributed by atoms with Crippen LogP contribution in [-0.4, -0.2) is 29.0 Å². The summed E-state index contributed by atoms with van der Waals surface area (Å²) in [5, 5.41) is 0. The van der Waals surface area contributed by atoms with Gasteiger partial charge in [-0.2, -0.15) is 0 Å². The smallest absolute Gasteiger partial charge is 0.376 e. The Hall–Kier alpha value is -2.05. The summed E-state index contributed by atoms with van der Waals surface area (Å²) in [6.45, 7) is 0.827. The standard InChI is InChI=1S/C9H9FN2O4/c1-5(13)16-4-7-6(10)3-11-8(12-7)9(14)15-2/h3H,4H2,1-2H3. The van der Waals surface area contributed by atoms with Crippen molar-refractivity contribution in [3.63, 3.8) is 0 Å². The van der Waals surface area contributed by atoms with Crippen LogP contribution < -0.4 is 0 Å². The number of esters is 2. The summed E-state index contributed by atoms with van der Waals surface area (Å²) < 4.78 is 22.0. The Kier molecular flexibility index (Phi) is 3.87. The van der Waals surface area contributed by atoms with Gasteiger partial charge in [0.2, 0.25) is 5.82 Å². The largest absolute Gasteiger partial charge is 0.463 e. The van der Waals surface area contributed by atoms with Gasteiger partial charge in [0.1, 0.15) is 12.3 Å². The van der Waals surface area contributed by atoms with Crippen LogP contribution in [0.25, 0.3) is 0 Å². The fourth-order valence-electron chi connectivity index (χ4n) is 0.863. The average molecular weight is 228 g/mol. The second-order valence-electron chi connectivity index (χ2n) is 2.76. The molecule has 0 aliphatic carbocycles. The molecule has 0 unspecified atom stereocenters. The first-order chi connectivity index (χ1) is 7.54. The minimum Gasteiger partial charge on any atom is -0.463 e. The number of methoxy groups -OCH3 is 1. The molecule has 6 nitrogen and oxygen atoms in total. The zero-order valence-corrected chi connectivity index (χ0v) is 8.69. The lowest BCUT2D eigenvalue weighted by atomic mass is 10.4. The highest BCUT2D eigenvalue weighted by Gasteiger charge is 2.14. The molecule has 0 amide bonds. The Balaban J connectivity index is 2.90. The molecule has 0 aliphatic rings. The van der Waals surface area contributed by atoms with Crippen LogP contribution in [0.2, 0.25) is 0 Å². The molecule has 0 saturated heterocycles. The molecule has 1 rings (SSSR count). The number of rotatable bonds is 3. The number of carbonyl (C=O) groups excluding carboxylic acids is 2. The maximum Gasteiger partial charge on any atom is 0.376 e. The molecule has 0 radical (unpaired) electrons. The maximum atomic E-state index is 13.1. The van der Waals surface area contributed by atoms with Crippen LogP contribution in [0, 0.1) is 5.82 Å². The molecular formula is C9H9FN2O4. The minimum atomic E-state index is -0.788. The van der Waals surface area contributed by atoms with E-state index in [-0.39, 0.29) is 18.1 Å². The van der Waals surface area contributed by atoms with Crippen LogP contribution in [0.5, 0.6) is 0 Å². The first kappa shape index (κ1) is 12.0. The van der Waals surface area contributed by atoms with Crippen LogP contribution in [0.3, 0.4) is 0 Å². The van der Waals surface area contributed by atoms with Gasteiger partial charge in [-0.15, -0.1) is 0 Å². The van der Waals surface area contributed by atoms with E-state index in [1.54, 1.807) is 0 Å². The average Bonchev–Trinajstić information content (AvgIpc) is 2.26. The number of halogens is 1. The van der Waals surface area contributed by atoms with E-state index < -0.39 is 17.8 Å². The molecule has 0 N–H and O–H groups in total. The van der Waals surface area contributed by atoms with Crippen molar-refractivity contribution in [2.45, 2.75) is 13.5 Å². The van der Waals surface area contributed by atoms with Crippen molar-refractivity contribution in [2.75, 3.05) is 7.11 Å². The van der Waals surface area contributed by atoms with E-state index >= 15 is 0 Å². The molecule has 0 aliphatic heterocycles. The van der Waals surface area contributed by atoms with Crippen molar-refractivity contribution in [1.29, 1.82) is 0 Å². The normalized spacial score (nSPS) is 9.69. The Labute approximate surface area is 90.4 Å². The third-order valence-electron chi connectivity index (χ3n) is 1.60. The van der Waals surface area contributed by atoms with E-state index in [0.29, 0.717) is 0 Å². The zero-order chi connectivity index (χ0) is 12.1. The fourth-order valence-corrected chi connectivity index (χ4v) is 0.863. The van der Waals surface area contributed by atoms with Gasteiger partial charge in [0, 0.05) is 6.92 Å². The number of hydrogen-bond donors (Lipinski definition) is 0. The van der Waals surface area contributed by atoms with E-state index in [2.05, 4.69) is 19.4 Å². The van der Waals surface area contributed by atoms with Crippen LogP contribution >= 0.6 is 0 Å². The number of carbonyl (C=O) groups is 2. The second-order valence-corrected chi connectivity index (χ2v) is 2.76. The van der Waals surface area contributed by atoms with Gasteiger partial charge in [0.05, 0.1) is 13.3 Å². The molecule has 7 heteroatoms. The highest BCUT2D eigenvalue weighted by atomic mass is 19.1. The third kappa shape index (κ3) is 2.97. The van der Waals surface area contributed by atoms with E-state index in [4.69, 9.17) is 0 Å². The summed E-state index contributed by atoms with van der Waals surface area (Å²) in [6, 6.07) is 0. The molecular weight excluding hydrogens is 219 g/mol. The topological polar surface area (TPSA) is 78.4 Å². The van der Waals surface area contributed by atoms with Gasteiger partial charge in [0.15, 0.2) is 5.82 Å². The summed E-state index contributed by atoms with van der Waals surface area (Å²) >= 11 is 0. The highest BCUT2D eigenvalue weighted by molar-refractivity contribution is 5.84. The van der Waals surface area contributed by atoms with Gasteiger partial charge in [0.25, 0.3) is 0 Å². The summed E-state index contributed by atoms with van der Waals surface area (Å²) in [5.41, 5.74) is -0.175. The Bertz CT molecular complexity index is 422. The van der Waals surface area contributed by atoms with Crippen LogP contribution in [0.1, 0.15) is 23.2 Å². The number of ether oxygens (including phenoxy) is 2. The van der Waals surface area contributed by atoms with E-state index in [0.717, 1.165) is 13.3 Å². The summed E-state index contributed by atoms with van der Waals surface area (Å²) in [4.78, 5) is 28.6. The molecule has 1 heterocycles. The molecule has 0 fully saturated rings. The number of aromatic nitrogens is 2. The molecule has 0 spiro atoms. The fraction of sp³-hybridized carbons (Fsp3) is 0.333. The predicted molar refractivity (Wildman–Crippen MR) is 48.8 cm³/mol. The molecule has 16 heavy (non-hydrogen) atoms. The van der Waals surface area contributed by atoms with Crippen LogP contribution in [0.15, 0.2) is 6.20 Å². The molecule has 1 aromatic heterocycles. The first-order valence-electron chi connectivity index (χ1n) is 4.27. The van der Waals surface area contributed by atoms with Gasteiger partial charge in [-0.25, -0.2) is 19.2 Å². The predicted octanol–water partition coefficient (Wildman–Crippen LogP) is 0.465. The van der Waals surface area contributed by atoms with Crippen molar-refractivity contribution in [3.8, 4) is 0 Å². The van der Waals surface area contributed by atoms with Gasteiger partial charge in [-0.05, 0) is 0 Å². The van der Waals surface area contributed by atoms with Crippen LogP contribution in [0.4, 0.5) is 4.39 Å². The van der Waals surface area contributed by atoms with E-state index in [9.17, 15) is 14.0 Å². The van der Waals surface area contributed by atoms with Gasteiger partial charge < -0.3 is 9.47 Å². The summed E-state index contributed by atoms with van der Waals surface area (Å²) in [7, 11) is 1.15. The monoisotopic (exact) mass is 228 g/mol. The van der Waals surface area contributed by atoms with Crippen molar-refractivity contribution < 1.29 is 23.5 Å². The Morgan fingerprint density at radius 2 is 2.19 bits per heavy atom. The van der Waals surface area contributed by atoms with Crippen LogP contribution in [-0.2, 0) is 20.9 Å². The van der Waals surface area contributed by atoms with E-state index in [1.165, 1.54) is 6.92 Å². The lowest BCUT2D eigenvalue weighted by molar-refractivity contribution is -0.142. The third-order valence-corrected chi connectivity index (χ3v) is 1.60. The van der Waals surface area contributed by atoms with Crippen molar-refractivity contribution in [2.24, 2.45) is 0 Å². The highest BCUT2D eigenvalue weighted by Crippen LogP contribution is 2.05. The first-order valence-corrected chi connectivity index (χ1v) is 4.27. The summed E-state index contributed by atoms with van der Waals surface area (Å²) in [5.74, 6) is -2.40. The number of nitrogens with zero attached hydrogens (tertiary/aromatic N) is 2. The molecule has 86 valence electrons. The van der Waals surface area contributed by atoms with Crippen molar-refractivity contribution >= 4 is 11.9 Å². The van der Waals surface area contributed by atoms with Crippen molar-refractivity contribution in [3.05, 3.63) is 23.5 Å². The van der Waals surface area contributed by atoms with Crippen molar-refractivity contribution in [1.82, 2.24) is 9.97 Å². The molecule has 0 atom stereocenters.